The summed E-state index contributed by atoms with van der Waals surface area (Å²) in [5, 5.41) is 0. The second kappa shape index (κ2) is 5.97. The van der Waals surface area contributed by atoms with Gasteiger partial charge in [-0.25, -0.2) is 4.98 Å². The van der Waals surface area contributed by atoms with Crippen molar-refractivity contribution >= 4 is 17.7 Å². The number of hydrogen-bond donors (Lipinski definition) is 0. The summed E-state index contributed by atoms with van der Waals surface area (Å²) in [7, 11) is 0. The number of esters is 1. The summed E-state index contributed by atoms with van der Waals surface area (Å²) in [6.07, 6.45) is 3.68. The van der Waals surface area contributed by atoms with Crippen molar-refractivity contribution in [2.75, 3.05) is 11.4 Å². The van der Waals surface area contributed by atoms with Gasteiger partial charge in [0.1, 0.15) is 18.1 Å². The molecule has 2 aromatic rings. The molecule has 6 nitrogen and oxygen atoms in total. The molecule has 0 radical (unpaired) electrons. The summed E-state index contributed by atoms with van der Waals surface area (Å²) in [6.45, 7) is 7.36. The first-order valence-corrected chi connectivity index (χ1v) is 8.96. The van der Waals surface area contributed by atoms with Crippen molar-refractivity contribution in [1.82, 2.24) is 9.55 Å². The molecule has 0 N–H and O–H groups in total. The summed E-state index contributed by atoms with van der Waals surface area (Å²) < 4.78 is 7.29. The predicted molar refractivity (Wildman–Crippen MR) is 97.0 cm³/mol. The molecule has 3 heterocycles. The largest absolute Gasteiger partial charge is 0.461 e. The average Bonchev–Trinajstić information content (AvgIpc) is 3.06. The Labute approximate surface area is 152 Å². The highest BCUT2D eigenvalue weighted by molar-refractivity contribution is 6.06. The standard InChI is InChI=1S/C20H23N3O3/c1-13(24)26-12-14-5-4-6-21-18(14)23-8-7-22-16(19(23)25)9-15-10-20(2,3)11-17(15)22/h4-6,9H,7-8,10-12H2,1-3H3. The number of hydrogen-bond acceptors (Lipinski definition) is 4. The molecule has 2 aliphatic rings. The summed E-state index contributed by atoms with van der Waals surface area (Å²) in [6, 6.07) is 5.68. The van der Waals surface area contributed by atoms with Gasteiger partial charge in [0.2, 0.25) is 0 Å². The molecule has 0 spiro atoms. The van der Waals surface area contributed by atoms with Crippen molar-refractivity contribution in [3.8, 4) is 0 Å². The van der Waals surface area contributed by atoms with Gasteiger partial charge in [0.25, 0.3) is 5.91 Å². The van der Waals surface area contributed by atoms with E-state index in [2.05, 4.69) is 23.4 Å². The predicted octanol–water partition coefficient (Wildman–Crippen LogP) is 2.73. The minimum absolute atomic E-state index is 0.0359. The van der Waals surface area contributed by atoms with Crippen LogP contribution in [0.25, 0.3) is 0 Å². The molecule has 0 fully saturated rings. The molecule has 0 aromatic carbocycles. The topological polar surface area (TPSA) is 64.4 Å². The smallest absolute Gasteiger partial charge is 0.302 e. The molecule has 1 aliphatic carbocycles. The van der Waals surface area contributed by atoms with Crippen molar-refractivity contribution < 1.29 is 14.3 Å². The van der Waals surface area contributed by atoms with Crippen LogP contribution < -0.4 is 4.90 Å². The van der Waals surface area contributed by atoms with Crippen LogP contribution in [0.1, 0.15) is 48.1 Å². The number of rotatable bonds is 3. The summed E-state index contributed by atoms with van der Waals surface area (Å²) in [5.74, 6) is 0.190. The highest BCUT2D eigenvalue weighted by atomic mass is 16.5. The second-order valence-corrected chi connectivity index (χ2v) is 7.89. The monoisotopic (exact) mass is 353 g/mol. The van der Waals surface area contributed by atoms with Gasteiger partial charge < -0.3 is 9.30 Å². The highest BCUT2D eigenvalue weighted by Gasteiger charge is 2.37. The lowest BCUT2D eigenvalue weighted by Gasteiger charge is -2.30. The van der Waals surface area contributed by atoms with E-state index >= 15 is 0 Å². The van der Waals surface area contributed by atoms with Gasteiger partial charge >= 0.3 is 5.97 Å². The van der Waals surface area contributed by atoms with E-state index in [9.17, 15) is 9.59 Å². The highest BCUT2D eigenvalue weighted by Crippen LogP contribution is 2.39. The van der Waals surface area contributed by atoms with Crippen LogP contribution in [-0.2, 0) is 35.5 Å². The minimum atomic E-state index is -0.349. The molecule has 2 aromatic heterocycles. The molecule has 1 amide bonds. The zero-order chi connectivity index (χ0) is 18.5. The first-order chi connectivity index (χ1) is 12.4. The van der Waals surface area contributed by atoms with E-state index in [0.29, 0.717) is 12.4 Å². The summed E-state index contributed by atoms with van der Waals surface area (Å²) in [5.41, 5.74) is 4.34. The first-order valence-electron chi connectivity index (χ1n) is 8.96. The molecule has 4 rings (SSSR count). The van der Waals surface area contributed by atoms with Gasteiger partial charge in [-0.05, 0) is 36.0 Å². The Morgan fingerprint density at radius 3 is 2.88 bits per heavy atom. The van der Waals surface area contributed by atoms with Crippen LogP contribution in [0.5, 0.6) is 0 Å². The number of fused-ring (bicyclic) bond motifs is 3. The van der Waals surface area contributed by atoms with E-state index in [1.165, 1.54) is 18.2 Å². The van der Waals surface area contributed by atoms with Crippen LogP contribution in [0.15, 0.2) is 24.4 Å². The number of aromatic nitrogens is 2. The Morgan fingerprint density at radius 2 is 2.12 bits per heavy atom. The minimum Gasteiger partial charge on any atom is -0.461 e. The maximum absolute atomic E-state index is 13.1. The van der Waals surface area contributed by atoms with Crippen molar-refractivity contribution in [3.05, 3.63) is 46.9 Å². The second-order valence-electron chi connectivity index (χ2n) is 7.89. The molecular weight excluding hydrogens is 330 g/mol. The maximum Gasteiger partial charge on any atom is 0.302 e. The number of nitrogens with zero attached hydrogens (tertiary/aromatic N) is 3. The molecule has 6 heteroatoms. The van der Waals surface area contributed by atoms with Crippen LogP contribution in [0.3, 0.4) is 0 Å². The van der Waals surface area contributed by atoms with Crippen molar-refractivity contribution in [2.45, 2.75) is 46.8 Å². The Morgan fingerprint density at radius 1 is 1.31 bits per heavy atom. The van der Waals surface area contributed by atoms with Crippen LogP contribution in [-0.4, -0.2) is 28.0 Å². The molecule has 0 saturated heterocycles. The number of carbonyl (C=O) groups excluding carboxylic acids is 2. The van der Waals surface area contributed by atoms with Crippen LogP contribution >= 0.6 is 0 Å². The maximum atomic E-state index is 13.1. The zero-order valence-corrected chi connectivity index (χ0v) is 15.4. The van der Waals surface area contributed by atoms with Gasteiger partial charge in [0.15, 0.2) is 0 Å². The quantitative estimate of drug-likeness (QED) is 0.796. The Balaban J connectivity index is 1.65. The van der Waals surface area contributed by atoms with Gasteiger partial charge in [-0.1, -0.05) is 19.9 Å². The van der Waals surface area contributed by atoms with Crippen LogP contribution in [0.2, 0.25) is 0 Å². The third-order valence-electron chi connectivity index (χ3n) is 5.18. The SMILES string of the molecule is CC(=O)OCc1cccnc1N1CCn2c(cc3c2CC(C)(C)C3)C1=O. The molecule has 136 valence electrons. The summed E-state index contributed by atoms with van der Waals surface area (Å²) >= 11 is 0. The zero-order valence-electron chi connectivity index (χ0n) is 15.4. The third-order valence-corrected chi connectivity index (χ3v) is 5.18. The van der Waals surface area contributed by atoms with Gasteiger partial charge in [-0.3, -0.25) is 14.5 Å². The fraction of sp³-hybridized carbons (Fsp3) is 0.450. The molecular formula is C20H23N3O3. The molecule has 1 aliphatic heterocycles. The van der Waals surface area contributed by atoms with Crippen molar-refractivity contribution in [1.29, 1.82) is 0 Å². The van der Waals surface area contributed by atoms with Crippen LogP contribution in [0, 0.1) is 5.41 Å². The van der Waals surface area contributed by atoms with E-state index < -0.39 is 0 Å². The molecule has 0 saturated carbocycles. The van der Waals surface area contributed by atoms with Crippen molar-refractivity contribution in [2.24, 2.45) is 5.41 Å². The Hall–Kier alpha value is -2.63. The normalized spacial score (nSPS) is 17.8. The average molecular weight is 353 g/mol. The lowest BCUT2D eigenvalue weighted by Crippen LogP contribution is -2.41. The summed E-state index contributed by atoms with van der Waals surface area (Å²) in [4.78, 5) is 30.4. The van der Waals surface area contributed by atoms with Gasteiger partial charge in [-0.15, -0.1) is 0 Å². The lowest BCUT2D eigenvalue weighted by molar-refractivity contribution is -0.142. The van der Waals surface area contributed by atoms with Crippen LogP contribution in [0.4, 0.5) is 5.82 Å². The lowest BCUT2D eigenvalue weighted by atomic mass is 9.90. The number of pyridine rings is 1. The molecule has 0 bridgehead atoms. The molecule has 0 unspecified atom stereocenters. The van der Waals surface area contributed by atoms with E-state index in [4.69, 9.17) is 4.74 Å². The number of amides is 1. The van der Waals surface area contributed by atoms with E-state index in [-0.39, 0.29) is 23.9 Å². The van der Waals surface area contributed by atoms with E-state index in [1.54, 1.807) is 17.2 Å². The van der Waals surface area contributed by atoms with Gasteiger partial charge in [0, 0.05) is 37.5 Å². The molecule has 26 heavy (non-hydrogen) atoms. The number of anilines is 1. The fourth-order valence-corrected chi connectivity index (χ4v) is 4.08. The molecule has 0 atom stereocenters. The van der Waals surface area contributed by atoms with Gasteiger partial charge in [0.05, 0.1) is 0 Å². The van der Waals surface area contributed by atoms with E-state index in [1.807, 2.05) is 12.1 Å². The van der Waals surface area contributed by atoms with Crippen molar-refractivity contribution in [3.63, 3.8) is 0 Å². The first kappa shape index (κ1) is 16.8. The fourth-order valence-electron chi connectivity index (χ4n) is 4.08. The Bertz CT molecular complexity index is 898. The third kappa shape index (κ3) is 2.79. The number of ether oxygens (including phenoxy) is 1. The van der Waals surface area contributed by atoms with E-state index in [0.717, 1.165) is 30.6 Å². The number of carbonyl (C=O) groups is 2. The van der Waals surface area contributed by atoms with Gasteiger partial charge in [-0.2, -0.15) is 0 Å². The Kier molecular flexibility index (Phi) is 3.86.